The minimum Gasteiger partial charge on any atom is -0.507 e. The van der Waals surface area contributed by atoms with Crippen LogP contribution in [0.5, 0.6) is 5.75 Å². The number of phenols is 1. The Morgan fingerprint density at radius 3 is 2.21 bits per heavy atom. The number of carbonyl (C=O) groups excluding carboxylic acids is 1. The Morgan fingerprint density at radius 2 is 1.74 bits per heavy atom. The maximum absolute atomic E-state index is 13.2. The largest absolute Gasteiger partial charge is 0.507 e. The summed E-state index contributed by atoms with van der Waals surface area (Å²) in [5.74, 6) is -0.379. The van der Waals surface area contributed by atoms with Gasteiger partial charge in [-0.3, -0.25) is 4.79 Å². The normalized spacial score (nSPS) is 11.1. The summed E-state index contributed by atoms with van der Waals surface area (Å²) in [4.78, 5) is 14.1. The zero-order valence-electron chi connectivity index (χ0n) is 12.0. The summed E-state index contributed by atoms with van der Waals surface area (Å²) in [6, 6.07) is 3.44. The van der Waals surface area contributed by atoms with Gasteiger partial charge in [0.2, 0.25) is 0 Å². The van der Waals surface area contributed by atoms with Crippen molar-refractivity contribution in [3.05, 3.63) is 29.6 Å². The Labute approximate surface area is 114 Å². The van der Waals surface area contributed by atoms with Crippen molar-refractivity contribution in [3.63, 3.8) is 0 Å². The minimum absolute atomic E-state index is 0.0290. The van der Waals surface area contributed by atoms with Crippen molar-refractivity contribution < 1.29 is 14.3 Å². The summed E-state index contributed by atoms with van der Waals surface area (Å²) >= 11 is 0. The van der Waals surface area contributed by atoms with Gasteiger partial charge in [0.05, 0.1) is 5.56 Å². The van der Waals surface area contributed by atoms with E-state index < -0.39 is 5.82 Å². The highest BCUT2D eigenvalue weighted by Gasteiger charge is 2.21. The highest BCUT2D eigenvalue weighted by Crippen LogP contribution is 2.21. The van der Waals surface area contributed by atoms with Crippen molar-refractivity contribution in [2.24, 2.45) is 11.8 Å². The molecule has 0 saturated heterocycles. The smallest absolute Gasteiger partial charge is 0.257 e. The van der Waals surface area contributed by atoms with Crippen LogP contribution in [0, 0.1) is 17.7 Å². The van der Waals surface area contributed by atoms with Gasteiger partial charge in [0, 0.05) is 13.1 Å². The van der Waals surface area contributed by atoms with Crippen molar-refractivity contribution in [2.45, 2.75) is 27.7 Å². The molecule has 0 atom stereocenters. The van der Waals surface area contributed by atoms with E-state index in [0.29, 0.717) is 24.9 Å². The van der Waals surface area contributed by atoms with E-state index in [4.69, 9.17) is 0 Å². The Hall–Kier alpha value is -1.58. The number of hydrogen-bond donors (Lipinski definition) is 1. The van der Waals surface area contributed by atoms with Crippen LogP contribution < -0.4 is 0 Å². The first kappa shape index (κ1) is 15.5. The van der Waals surface area contributed by atoms with Gasteiger partial charge in [0.1, 0.15) is 11.6 Å². The number of nitrogens with zero attached hydrogens (tertiary/aromatic N) is 1. The lowest BCUT2D eigenvalue weighted by molar-refractivity contribution is 0.0711. The molecule has 0 fully saturated rings. The molecule has 19 heavy (non-hydrogen) atoms. The fourth-order valence-electron chi connectivity index (χ4n) is 1.97. The summed E-state index contributed by atoms with van der Waals surface area (Å²) in [6.07, 6.45) is 0. The van der Waals surface area contributed by atoms with Crippen LogP contribution in [-0.4, -0.2) is 29.0 Å². The van der Waals surface area contributed by atoms with Gasteiger partial charge < -0.3 is 10.0 Å². The third kappa shape index (κ3) is 4.54. The van der Waals surface area contributed by atoms with Gasteiger partial charge >= 0.3 is 0 Å². The van der Waals surface area contributed by atoms with Gasteiger partial charge in [0.25, 0.3) is 5.91 Å². The molecule has 1 amide bonds. The molecule has 1 aromatic rings. The molecule has 1 aromatic carbocycles. The zero-order chi connectivity index (χ0) is 14.6. The molecule has 0 aliphatic heterocycles. The molecule has 1 N–H and O–H groups in total. The molecule has 0 aliphatic rings. The SMILES string of the molecule is CC(C)CN(CC(C)C)C(=O)c1cc(F)ccc1O. The third-order valence-electron chi connectivity index (χ3n) is 2.65. The van der Waals surface area contributed by atoms with Gasteiger partial charge in [0.15, 0.2) is 0 Å². The van der Waals surface area contributed by atoms with Crippen LogP contribution in [0.25, 0.3) is 0 Å². The van der Waals surface area contributed by atoms with Crippen LogP contribution in [-0.2, 0) is 0 Å². The molecule has 0 radical (unpaired) electrons. The summed E-state index contributed by atoms with van der Waals surface area (Å²) in [7, 11) is 0. The van der Waals surface area contributed by atoms with E-state index in [1.54, 1.807) is 4.90 Å². The molecule has 0 aliphatic carbocycles. The second-order valence-corrected chi connectivity index (χ2v) is 5.66. The van der Waals surface area contributed by atoms with Crippen molar-refractivity contribution in [2.75, 3.05) is 13.1 Å². The van der Waals surface area contributed by atoms with Crippen LogP contribution in [0.15, 0.2) is 18.2 Å². The lowest BCUT2D eigenvalue weighted by Gasteiger charge is -2.26. The molecule has 0 spiro atoms. The van der Waals surface area contributed by atoms with Crippen LogP contribution in [0.4, 0.5) is 4.39 Å². The van der Waals surface area contributed by atoms with Crippen LogP contribution in [0.1, 0.15) is 38.1 Å². The van der Waals surface area contributed by atoms with Crippen molar-refractivity contribution >= 4 is 5.91 Å². The summed E-state index contributed by atoms with van der Waals surface area (Å²) in [5.41, 5.74) is 0.0290. The molecule has 0 unspecified atom stereocenters. The van der Waals surface area contributed by atoms with Crippen LogP contribution >= 0.6 is 0 Å². The summed E-state index contributed by atoms with van der Waals surface area (Å²) in [6.45, 7) is 9.26. The lowest BCUT2D eigenvalue weighted by Crippen LogP contribution is -2.37. The van der Waals surface area contributed by atoms with E-state index in [1.807, 2.05) is 27.7 Å². The molecular weight excluding hydrogens is 245 g/mol. The zero-order valence-corrected chi connectivity index (χ0v) is 12.0. The number of halogens is 1. The molecule has 0 heterocycles. The predicted molar refractivity (Wildman–Crippen MR) is 73.6 cm³/mol. The standard InChI is InChI=1S/C15H22FNO2/c1-10(2)8-17(9-11(3)4)15(19)13-7-12(16)5-6-14(13)18/h5-7,10-11,18H,8-9H2,1-4H3. The first-order chi connectivity index (χ1) is 8.81. The fourth-order valence-corrected chi connectivity index (χ4v) is 1.97. The Balaban J connectivity index is 3.00. The number of rotatable bonds is 5. The highest BCUT2D eigenvalue weighted by atomic mass is 19.1. The minimum atomic E-state index is -0.518. The van der Waals surface area contributed by atoms with Crippen LogP contribution in [0.2, 0.25) is 0 Å². The molecule has 4 heteroatoms. The number of amides is 1. The van der Waals surface area contributed by atoms with E-state index in [0.717, 1.165) is 12.1 Å². The quantitative estimate of drug-likeness (QED) is 0.889. The van der Waals surface area contributed by atoms with E-state index in [-0.39, 0.29) is 17.2 Å². The molecule has 1 rings (SSSR count). The predicted octanol–water partition coefficient (Wildman–Crippen LogP) is 3.29. The molecule has 0 aromatic heterocycles. The second-order valence-electron chi connectivity index (χ2n) is 5.66. The van der Waals surface area contributed by atoms with Crippen LogP contribution in [0.3, 0.4) is 0 Å². The third-order valence-corrected chi connectivity index (χ3v) is 2.65. The number of hydrogen-bond acceptors (Lipinski definition) is 2. The Morgan fingerprint density at radius 1 is 1.21 bits per heavy atom. The molecule has 0 saturated carbocycles. The molecule has 3 nitrogen and oxygen atoms in total. The van der Waals surface area contributed by atoms with E-state index in [9.17, 15) is 14.3 Å². The van der Waals surface area contributed by atoms with E-state index >= 15 is 0 Å². The average molecular weight is 267 g/mol. The van der Waals surface area contributed by atoms with Gasteiger partial charge in [-0.1, -0.05) is 27.7 Å². The first-order valence-electron chi connectivity index (χ1n) is 6.59. The van der Waals surface area contributed by atoms with Gasteiger partial charge in [-0.15, -0.1) is 0 Å². The van der Waals surface area contributed by atoms with E-state index in [1.165, 1.54) is 6.07 Å². The Kier molecular flexibility index (Phi) is 5.33. The molecule has 0 bridgehead atoms. The van der Waals surface area contributed by atoms with Gasteiger partial charge in [-0.2, -0.15) is 0 Å². The molecular formula is C15H22FNO2. The number of phenolic OH excluding ortho intramolecular Hbond substituents is 1. The van der Waals surface area contributed by atoms with Gasteiger partial charge in [-0.05, 0) is 30.0 Å². The topological polar surface area (TPSA) is 40.5 Å². The maximum Gasteiger partial charge on any atom is 0.257 e. The number of benzene rings is 1. The van der Waals surface area contributed by atoms with Crippen molar-refractivity contribution in [1.82, 2.24) is 4.90 Å². The van der Waals surface area contributed by atoms with E-state index in [2.05, 4.69) is 0 Å². The maximum atomic E-state index is 13.2. The lowest BCUT2D eigenvalue weighted by atomic mass is 10.1. The van der Waals surface area contributed by atoms with Crippen molar-refractivity contribution in [3.8, 4) is 5.75 Å². The fraction of sp³-hybridized carbons (Fsp3) is 0.533. The van der Waals surface area contributed by atoms with Crippen molar-refractivity contribution in [1.29, 1.82) is 0 Å². The highest BCUT2D eigenvalue weighted by molar-refractivity contribution is 5.96. The Bertz CT molecular complexity index is 434. The second kappa shape index (κ2) is 6.55. The average Bonchev–Trinajstić information content (AvgIpc) is 2.29. The number of aromatic hydroxyl groups is 1. The summed E-state index contributed by atoms with van der Waals surface area (Å²) in [5, 5.41) is 9.71. The number of carbonyl (C=O) groups is 1. The monoisotopic (exact) mass is 267 g/mol. The first-order valence-corrected chi connectivity index (χ1v) is 6.59. The van der Waals surface area contributed by atoms with Gasteiger partial charge in [-0.25, -0.2) is 4.39 Å². The molecule has 106 valence electrons. The summed E-state index contributed by atoms with van der Waals surface area (Å²) < 4.78 is 13.2.